The highest BCUT2D eigenvalue weighted by molar-refractivity contribution is 5.79. The topological polar surface area (TPSA) is 77.7 Å². The van der Waals surface area contributed by atoms with Crippen LogP contribution in [0.3, 0.4) is 0 Å². The SMILES string of the molecule is CCOc1ccc(CCN2CC(c3noc(C)n3)CC2=O)cc1OCC. The summed E-state index contributed by atoms with van der Waals surface area (Å²) >= 11 is 0. The number of aryl methyl sites for hydroxylation is 1. The van der Waals surface area contributed by atoms with Crippen molar-refractivity contribution >= 4 is 5.91 Å². The molecule has 0 saturated carbocycles. The standard InChI is InChI=1S/C19H25N3O4/c1-4-24-16-7-6-14(10-17(16)25-5-2)8-9-22-12-15(11-18(22)23)19-20-13(3)26-21-19/h6-7,10,15H,4-5,8-9,11-12H2,1-3H3. The fourth-order valence-corrected chi connectivity index (χ4v) is 3.16. The van der Waals surface area contributed by atoms with E-state index in [0.717, 1.165) is 23.5 Å². The Kier molecular flexibility index (Phi) is 5.75. The summed E-state index contributed by atoms with van der Waals surface area (Å²) in [7, 11) is 0. The number of benzene rings is 1. The van der Waals surface area contributed by atoms with Gasteiger partial charge in [0.05, 0.1) is 13.2 Å². The third kappa shape index (κ3) is 4.15. The van der Waals surface area contributed by atoms with Crippen LogP contribution in [-0.4, -0.2) is 47.3 Å². The number of likely N-dealkylation sites (tertiary alicyclic amines) is 1. The molecular weight excluding hydrogens is 334 g/mol. The zero-order chi connectivity index (χ0) is 18.5. The number of amides is 1. The molecule has 1 saturated heterocycles. The Balaban J connectivity index is 1.61. The number of nitrogens with zero attached hydrogens (tertiary/aromatic N) is 3. The molecule has 1 aromatic carbocycles. The van der Waals surface area contributed by atoms with Gasteiger partial charge in [-0.2, -0.15) is 4.98 Å². The first-order valence-electron chi connectivity index (χ1n) is 9.07. The van der Waals surface area contributed by atoms with Crippen molar-refractivity contribution in [3.63, 3.8) is 0 Å². The van der Waals surface area contributed by atoms with Gasteiger partial charge in [0.25, 0.3) is 0 Å². The highest BCUT2D eigenvalue weighted by Crippen LogP contribution is 2.30. The molecule has 7 nitrogen and oxygen atoms in total. The summed E-state index contributed by atoms with van der Waals surface area (Å²) in [5, 5.41) is 3.95. The molecule has 1 fully saturated rings. The molecular formula is C19H25N3O4. The summed E-state index contributed by atoms with van der Waals surface area (Å²) in [6.45, 7) is 8.12. The van der Waals surface area contributed by atoms with Gasteiger partial charge in [0, 0.05) is 32.4 Å². The molecule has 7 heteroatoms. The fourth-order valence-electron chi connectivity index (χ4n) is 3.16. The van der Waals surface area contributed by atoms with E-state index in [9.17, 15) is 4.79 Å². The summed E-state index contributed by atoms with van der Waals surface area (Å²) in [6, 6.07) is 5.95. The minimum absolute atomic E-state index is 0.0132. The van der Waals surface area contributed by atoms with E-state index in [0.29, 0.717) is 44.4 Å². The predicted molar refractivity (Wildman–Crippen MR) is 95.5 cm³/mol. The van der Waals surface area contributed by atoms with Crippen LogP contribution in [0.4, 0.5) is 0 Å². The molecule has 1 aromatic heterocycles. The van der Waals surface area contributed by atoms with E-state index in [1.165, 1.54) is 0 Å². The van der Waals surface area contributed by atoms with Gasteiger partial charge in [-0.25, -0.2) is 0 Å². The largest absolute Gasteiger partial charge is 0.490 e. The second kappa shape index (κ2) is 8.21. The number of carbonyl (C=O) groups excluding carboxylic acids is 1. The number of carbonyl (C=O) groups is 1. The van der Waals surface area contributed by atoms with E-state index in [1.54, 1.807) is 6.92 Å². The highest BCUT2D eigenvalue weighted by Gasteiger charge is 2.33. The third-order valence-corrected chi connectivity index (χ3v) is 4.40. The maximum Gasteiger partial charge on any atom is 0.223 e. The molecule has 1 aliphatic heterocycles. The summed E-state index contributed by atoms with van der Waals surface area (Å²) in [6.07, 6.45) is 1.20. The molecule has 3 rings (SSSR count). The van der Waals surface area contributed by atoms with E-state index >= 15 is 0 Å². The van der Waals surface area contributed by atoms with Crippen molar-refractivity contribution in [1.82, 2.24) is 15.0 Å². The molecule has 0 N–H and O–H groups in total. The zero-order valence-corrected chi connectivity index (χ0v) is 15.5. The van der Waals surface area contributed by atoms with E-state index in [1.807, 2.05) is 36.9 Å². The summed E-state index contributed by atoms with van der Waals surface area (Å²) in [5.74, 6) is 2.80. The first kappa shape index (κ1) is 18.2. The first-order chi connectivity index (χ1) is 12.6. The van der Waals surface area contributed by atoms with Crippen molar-refractivity contribution in [2.75, 3.05) is 26.3 Å². The minimum Gasteiger partial charge on any atom is -0.490 e. The summed E-state index contributed by atoms with van der Waals surface area (Å²) in [4.78, 5) is 18.4. The number of aromatic nitrogens is 2. The molecule has 2 heterocycles. The molecule has 2 aromatic rings. The van der Waals surface area contributed by atoms with Crippen molar-refractivity contribution in [1.29, 1.82) is 0 Å². The second-order valence-corrected chi connectivity index (χ2v) is 6.31. The quantitative estimate of drug-likeness (QED) is 0.721. The van der Waals surface area contributed by atoms with E-state index < -0.39 is 0 Å². The Morgan fingerprint density at radius 2 is 2.00 bits per heavy atom. The maximum absolute atomic E-state index is 12.3. The molecule has 1 amide bonds. The van der Waals surface area contributed by atoms with Crippen LogP contribution in [0, 0.1) is 6.92 Å². The molecule has 0 aliphatic carbocycles. The minimum atomic E-state index is 0.0132. The predicted octanol–water partition coefficient (Wildman–Crippen LogP) is 2.73. The Labute approximate surface area is 153 Å². The zero-order valence-electron chi connectivity index (χ0n) is 15.5. The number of ether oxygens (including phenoxy) is 2. The van der Waals surface area contributed by atoms with Crippen molar-refractivity contribution < 1.29 is 18.8 Å². The average molecular weight is 359 g/mol. The Morgan fingerprint density at radius 3 is 2.69 bits per heavy atom. The Morgan fingerprint density at radius 1 is 1.23 bits per heavy atom. The smallest absolute Gasteiger partial charge is 0.223 e. The van der Waals surface area contributed by atoms with Gasteiger partial charge in [0.1, 0.15) is 0 Å². The lowest BCUT2D eigenvalue weighted by Crippen LogP contribution is -2.27. The normalized spacial score (nSPS) is 17.0. The second-order valence-electron chi connectivity index (χ2n) is 6.31. The number of rotatable bonds is 8. The van der Waals surface area contributed by atoms with E-state index in [4.69, 9.17) is 14.0 Å². The first-order valence-corrected chi connectivity index (χ1v) is 9.07. The van der Waals surface area contributed by atoms with Gasteiger partial charge in [0.2, 0.25) is 11.8 Å². The molecule has 0 radical (unpaired) electrons. The third-order valence-electron chi connectivity index (χ3n) is 4.40. The van der Waals surface area contributed by atoms with Gasteiger partial charge in [0.15, 0.2) is 17.3 Å². The molecule has 0 bridgehead atoms. The van der Waals surface area contributed by atoms with Crippen LogP contribution in [-0.2, 0) is 11.2 Å². The fraction of sp³-hybridized carbons (Fsp3) is 0.526. The van der Waals surface area contributed by atoms with Crippen LogP contribution in [0.1, 0.15) is 43.5 Å². The van der Waals surface area contributed by atoms with Crippen molar-refractivity contribution in [2.24, 2.45) is 0 Å². The molecule has 1 unspecified atom stereocenters. The molecule has 140 valence electrons. The van der Waals surface area contributed by atoms with Crippen LogP contribution in [0.2, 0.25) is 0 Å². The van der Waals surface area contributed by atoms with Crippen LogP contribution in [0.25, 0.3) is 0 Å². The van der Waals surface area contributed by atoms with Gasteiger partial charge in [-0.05, 0) is 38.0 Å². The van der Waals surface area contributed by atoms with Crippen LogP contribution in [0.5, 0.6) is 11.5 Å². The van der Waals surface area contributed by atoms with E-state index in [-0.39, 0.29) is 11.8 Å². The van der Waals surface area contributed by atoms with Gasteiger partial charge < -0.3 is 18.9 Å². The maximum atomic E-state index is 12.3. The van der Waals surface area contributed by atoms with Crippen molar-refractivity contribution in [3.05, 3.63) is 35.5 Å². The molecule has 1 atom stereocenters. The van der Waals surface area contributed by atoms with Gasteiger partial charge >= 0.3 is 0 Å². The van der Waals surface area contributed by atoms with Crippen molar-refractivity contribution in [3.8, 4) is 11.5 Å². The lowest BCUT2D eigenvalue weighted by atomic mass is 10.1. The number of hydrogen-bond donors (Lipinski definition) is 0. The lowest BCUT2D eigenvalue weighted by molar-refractivity contribution is -0.127. The molecule has 26 heavy (non-hydrogen) atoms. The van der Waals surface area contributed by atoms with Gasteiger partial charge in [-0.3, -0.25) is 4.79 Å². The monoisotopic (exact) mass is 359 g/mol. The summed E-state index contributed by atoms with van der Waals surface area (Å²) in [5.41, 5.74) is 1.11. The molecule has 0 spiro atoms. The summed E-state index contributed by atoms with van der Waals surface area (Å²) < 4.78 is 16.3. The Bertz CT molecular complexity index is 759. The highest BCUT2D eigenvalue weighted by atomic mass is 16.5. The van der Waals surface area contributed by atoms with Gasteiger partial charge in [-0.1, -0.05) is 11.2 Å². The van der Waals surface area contributed by atoms with Crippen molar-refractivity contribution in [2.45, 2.75) is 39.5 Å². The lowest BCUT2D eigenvalue weighted by Gasteiger charge is -2.17. The van der Waals surface area contributed by atoms with Crippen LogP contribution < -0.4 is 9.47 Å². The van der Waals surface area contributed by atoms with Crippen LogP contribution in [0.15, 0.2) is 22.7 Å². The average Bonchev–Trinajstić information content (AvgIpc) is 3.21. The van der Waals surface area contributed by atoms with Gasteiger partial charge in [-0.15, -0.1) is 0 Å². The number of hydrogen-bond acceptors (Lipinski definition) is 6. The Hall–Kier alpha value is -2.57. The molecule has 1 aliphatic rings. The van der Waals surface area contributed by atoms with E-state index in [2.05, 4.69) is 10.1 Å². The van der Waals surface area contributed by atoms with Crippen LogP contribution >= 0.6 is 0 Å².